The Hall–Kier alpha value is -3.88. The number of carbonyl (C=O) groups excluding carboxylic acids is 3. The number of carboxylic acid groups (broad SMARTS) is 1. The van der Waals surface area contributed by atoms with Gasteiger partial charge < -0.3 is 15.2 Å². The van der Waals surface area contributed by atoms with Crippen molar-refractivity contribution in [1.29, 1.82) is 0 Å². The van der Waals surface area contributed by atoms with E-state index < -0.39 is 35.5 Å². The first-order valence-electron chi connectivity index (χ1n) is 10.6. The Labute approximate surface area is 190 Å². The molecule has 1 saturated heterocycles. The maximum absolute atomic E-state index is 12.6. The van der Waals surface area contributed by atoms with Gasteiger partial charge in [0.25, 0.3) is 0 Å². The van der Waals surface area contributed by atoms with Crippen LogP contribution in [0.3, 0.4) is 0 Å². The summed E-state index contributed by atoms with van der Waals surface area (Å²) in [6.45, 7) is 3.38. The van der Waals surface area contributed by atoms with Crippen molar-refractivity contribution in [2.45, 2.75) is 44.2 Å². The van der Waals surface area contributed by atoms with E-state index in [0.29, 0.717) is 0 Å². The van der Waals surface area contributed by atoms with Crippen molar-refractivity contribution in [3.63, 3.8) is 0 Å². The van der Waals surface area contributed by atoms with Crippen molar-refractivity contribution >= 4 is 23.9 Å². The van der Waals surface area contributed by atoms with Crippen molar-refractivity contribution in [3.8, 4) is 11.1 Å². The van der Waals surface area contributed by atoms with Crippen LogP contribution >= 0.6 is 0 Å². The van der Waals surface area contributed by atoms with E-state index in [1.54, 1.807) is 13.8 Å². The van der Waals surface area contributed by atoms with Crippen LogP contribution in [0.1, 0.15) is 43.7 Å². The zero-order valence-corrected chi connectivity index (χ0v) is 18.3. The number of rotatable bonds is 6. The van der Waals surface area contributed by atoms with Gasteiger partial charge in [0.05, 0.1) is 12.8 Å². The monoisotopic (exact) mass is 451 g/mol. The highest BCUT2D eigenvalue weighted by Gasteiger charge is 2.40. The summed E-state index contributed by atoms with van der Waals surface area (Å²) in [6.07, 6.45) is -1.21. The van der Waals surface area contributed by atoms with Crippen LogP contribution in [-0.4, -0.2) is 52.2 Å². The third-order valence-electron chi connectivity index (χ3n) is 5.87. The lowest BCUT2D eigenvalue weighted by molar-refractivity contribution is -0.151. The van der Waals surface area contributed by atoms with Crippen LogP contribution in [0.4, 0.5) is 4.79 Å². The number of hydrazine groups is 1. The van der Waals surface area contributed by atoms with Gasteiger partial charge in [-0.1, -0.05) is 48.5 Å². The molecule has 2 aromatic rings. The van der Waals surface area contributed by atoms with Crippen LogP contribution in [0.25, 0.3) is 11.1 Å². The first-order valence-corrected chi connectivity index (χ1v) is 10.6. The van der Waals surface area contributed by atoms with Gasteiger partial charge in [0.2, 0.25) is 11.8 Å². The summed E-state index contributed by atoms with van der Waals surface area (Å²) in [5, 5.41) is 12.7. The van der Waals surface area contributed by atoms with Crippen LogP contribution in [0.2, 0.25) is 0 Å². The largest absolute Gasteiger partial charge is 0.480 e. The molecule has 9 heteroatoms. The molecule has 4 rings (SSSR count). The summed E-state index contributed by atoms with van der Waals surface area (Å²) < 4.78 is 5.52. The fourth-order valence-corrected chi connectivity index (χ4v) is 4.38. The summed E-state index contributed by atoms with van der Waals surface area (Å²) >= 11 is 0. The van der Waals surface area contributed by atoms with Gasteiger partial charge >= 0.3 is 12.1 Å². The Bertz CT molecular complexity index is 1080. The predicted molar refractivity (Wildman–Crippen MR) is 118 cm³/mol. The maximum atomic E-state index is 12.6. The first-order chi connectivity index (χ1) is 15.7. The molecular formula is C24H25N3O6. The smallest absolute Gasteiger partial charge is 0.407 e. The lowest BCUT2D eigenvalue weighted by Crippen LogP contribution is -2.52. The molecule has 1 fully saturated rings. The molecule has 33 heavy (non-hydrogen) atoms. The summed E-state index contributed by atoms with van der Waals surface area (Å²) in [5.74, 6) is -2.52. The number of hydrogen-bond donors (Lipinski definition) is 3. The Morgan fingerprint density at radius 1 is 1.09 bits per heavy atom. The van der Waals surface area contributed by atoms with E-state index in [4.69, 9.17) is 4.74 Å². The summed E-state index contributed by atoms with van der Waals surface area (Å²) in [6, 6.07) is 14.7. The highest BCUT2D eigenvalue weighted by Crippen LogP contribution is 2.44. The number of alkyl carbamates (subject to hydrolysis) is 1. The minimum absolute atomic E-state index is 0.0935. The number of ether oxygens (including phenoxy) is 1. The number of carboxylic acids is 1. The molecule has 3 amide bonds. The van der Waals surface area contributed by atoms with Gasteiger partial charge in [-0.05, 0) is 36.1 Å². The molecule has 1 aliphatic carbocycles. The molecule has 172 valence electrons. The fraction of sp³-hybridized carbons (Fsp3) is 0.333. The molecule has 1 atom stereocenters. The van der Waals surface area contributed by atoms with Gasteiger partial charge in [0, 0.05) is 11.5 Å². The second kappa shape index (κ2) is 8.57. The van der Waals surface area contributed by atoms with E-state index in [1.165, 1.54) is 0 Å². The highest BCUT2D eigenvalue weighted by molar-refractivity contribution is 5.94. The van der Waals surface area contributed by atoms with Crippen molar-refractivity contribution in [1.82, 2.24) is 15.8 Å². The van der Waals surface area contributed by atoms with Crippen molar-refractivity contribution in [3.05, 3.63) is 59.7 Å². The highest BCUT2D eigenvalue weighted by atomic mass is 16.5. The van der Waals surface area contributed by atoms with E-state index in [2.05, 4.69) is 10.7 Å². The number of nitrogens with one attached hydrogen (secondary N) is 2. The molecule has 2 aliphatic rings. The van der Waals surface area contributed by atoms with Crippen LogP contribution in [0.5, 0.6) is 0 Å². The molecule has 9 nitrogen and oxygen atoms in total. The number of amides is 3. The average Bonchev–Trinajstić information content (AvgIpc) is 3.30. The molecule has 1 heterocycles. The lowest BCUT2D eigenvalue weighted by Gasteiger charge is -2.29. The molecule has 2 aromatic carbocycles. The van der Waals surface area contributed by atoms with Crippen molar-refractivity contribution < 1.29 is 29.0 Å². The van der Waals surface area contributed by atoms with E-state index in [1.807, 2.05) is 48.5 Å². The van der Waals surface area contributed by atoms with Crippen LogP contribution in [0.15, 0.2) is 48.5 Å². The second-order valence-corrected chi connectivity index (χ2v) is 8.87. The molecule has 0 bridgehead atoms. The minimum atomic E-state index is -1.27. The normalized spacial score (nSPS) is 17.2. The molecule has 0 radical (unpaired) electrons. The Balaban J connectivity index is 1.37. The molecule has 0 saturated carbocycles. The predicted octanol–water partition coefficient (Wildman–Crippen LogP) is 2.41. The maximum Gasteiger partial charge on any atom is 0.407 e. The fourth-order valence-electron chi connectivity index (χ4n) is 4.38. The van der Waals surface area contributed by atoms with Gasteiger partial charge in [0.15, 0.2) is 6.04 Å². The SMILES string of the molecule is CC(C)(CC(=O)N1NC(=O)CC1C(=O)O)NC(=O)OCC1c2ccccc2-c2ccccc21. The zero-order chi connectivity index (χ0) is 23.8. The Morgan fingerprint density at radius 2 is 1.67 bits per heavy atom. The molecule has 1 unspecified atom stereocenters. The standard InChI is InChI=1S/C24H25N3O6/c1-24(2,12-21(29)27-19(22(30)31)11-20(28)26-27)25-23(32)33-13-18-16-9-5-3-7-14(16)15-8-4-6-10-17(15)18/h3-10,18-19H,11-13H2,1-2H3,(H,25,32)(H,26,28)(H,30,31). The van der Waals surface area contributed by atoms with Gasteiger partial charge in [0.1, 0.15) is 6.61 Å². The van der Waals surface area contributed by atoms with E-state index in [-0.39, 0.29) is 25.4 Å². The average molecular weight is 451 g/mol. The number of hydrogen-bond acceptors (Lipinski definition) is 5. The molecular weight excluding hydrogens is 426 g/mol. The summed E-state index contributed by atoms with van der Waals surface area (Å²) in [5.41, 5.74) is 5.65. The number of nitrogens with zero attached hydrogens (tertiary/aromatic N) is 1. The summed E-state index contributed by atoms with van der Waals surface area (Å²) in [7, 11) is 0. The molecule has 0 spiro atoms. The van der Waals surface area contributed by atoms with E-state index in [0.717, 1.165) is 27.3 Å². The molecule has 1 aliphatic heterocycles. The van der Waals surface area contributed by atoms with E-state index in [9.17, 15) is 24.3 Å². The first kappa shape index (κ1) is 22.3. The Kier molecular flexibility index (Phi) is 5.80. The van der Waals surface area contributed by atoms with Crippen LogP contribution in [-0.2, 0) is 19.1 Å². The second-order valence-electron chi connectivity index (χ2n) is 8.87. The van der Waals surface area contributed by atoms with Crippen molar-refractivity contribution in [2.24, 2.45) is 0 Å². The zero-order valence-electron chi connectivity index (χ0n) is 18.3. The quantitative estimate of drug-likeness (QED) is 0.619. The molecule has 0 aromatic heterocycles. The van der Waals surface area contributed by atoms with Crippen LogP contribution < -0.4 is 10.7 Å². The van der Waals surface area contributed by atoms with Gasteiger partial charge in [-0.25, -0.2) is 14.6 Å². The van der Waals surface area contributed by atoms with Gasteiger partial charge in [-0.2, -0.15) is 0 Å². The number of benzene rings is 2. The minimum Gasteiger partial charge on any atom is -0.480 e. The number of fused-ring (bicyclic) bond motifs is 3. The van der Waals surface area contributed by atoms with Gasteiger partial charge in [-0.3, -0.25) is 15.0 Å². The lowest BCUT2D eigenvalue weighted by atomic mass is 9.98. The number of aliphatic carboxylic acids is 1. The van der Waals surface area contributed by atoms with E-state index >= 15 is 0 Å². The van der Waals surface area contributed by atoms with Crippen molar-refractivity contribution in [2.75, 3.05) is 6.61 Å². The third kappa shape index (κ3) is 4.52. The van der Waals surface area contributed by atoms with Gasteiger partial charge in [-0.15, -0.1) is 0 Å². The Morgan fingerprint density at radius 3 is 2.24 bits per heavy atom. The molecule has 3 N–H and O–H groups in total. The number of carbonyl (C=O) groups is 4. The van der Waals surface area contributed by atoms with Crippen LogP contribution in [0, 0.1) is 0 Å². The summed E-state index contributed by atoms with van der Waals surface area (Å²) in [4.78, 5) is 48.0. The third-order valence-corrected chi connectivity index (χ3v) is 5.87. The topological polar surface area (TPSA) is 125 Å².